The van der Waals surface area contributed by atoms with Gasteiger partial charge in [0.15, 0.2) is 6.04 Å². The summed E-state index contributed by atoms with van der Waals surface area (Å²) in [7, 11) is 0. The number of alkyl halides is 3. The smallest absolute Gasteiger partial charge is 0.367 e. The zero-order valence-electron chi connectivity index (χ0n) is 18.5. The zero-order valence-corrected chi connectivity index (χ0v) is 18.5. The lowest BCUT2D eigenvalue weighted by atomic mass is 10.1. The molecule has 0 unspecified atom stereocenters. The number of imide groups is 1. The SMILES string of the molecule is C[C@@H]1C[C@@H](C(F)(F)F)n2ncc(C(=O)NN[C@@H]3CC(=O)N(c4cccc5ccccc45)C3=O)c2N1. The Morgan fingerprint density at radius 3 is 2.66 bits per heavy atom. The van der Waals surface area contributed by atoms with Crippen molar-refractivity contribution in [3.8, 4) is 0 Å². The molecule has 1 saturated heterocycles. The van der Waals surface area contributed by atoms with Crippen molar-refractivity contribution in [3.05, 3.63) is 54.2 Å². The number of nitrogens with one attached hydrogen (secondary N) is 3. The van der Waals surface area contributed by atoms with E-state index in [9.17, 15) is 27.6 Å². The van der Waals surface area contributed by atoms with Gasteiger partial charge < -0.3 is 5.32 Å². The summed E-state index contributed by atoms with van der Waals surface area (Å²) in [6.07, 6.45) is -3.90. The number of hydrogen-bond donors (Lipinski definition) is 3. The molecule has 182 valence electrons. The summed E-state index contributed by atoms with van der Waals surface area (Å²) < 4.78 is 41.1. The molecule has 0 bridgehead atoms. The molecule has 0 saturated carbocycles. The Bertz CT molecular complexity index is 1330. The standard InChI is InChI=1S/C23H21F3N6O3/c1-12-9-18(23(24,25)26)32-20(28-12)15(11-27-32)21(34)30-29-16-10-19(33)31(22(16)35)17-8-4-6-13-5-2-3-7-14(13)17/h2-8,11-12,16,18,28-29H,9-10H2,1H3,(H,30,34)/t12-,16-,18+/m1/s1. The van der Waals surface area contributed by atoms with Crippen molar-refractivity contribution >= 4 is 40.0 Å². The van der Waals surface area contributed by atoms with Crippen LogP contribution in [-0.4, -0.2) is 45.8 Å². The van der Waals surface area contributed by atoms with Crippen molar-refractivity contribution < 1.29 is 27.6 Å². The molecule has 12 heteroatoms. The molecule has 5 rings (SSSR count). The van der Waals surface area contributed by atoms with Crippen LogP contribution in [0.2, 0.25) is 0 Å². The van der Waals surface area contributed by atoms with Gasteiger partial charge in [-0.15, -0.1) is 0 Å². The number of carbonyl (C=O) groups excluding carboxylic acids is 3. The highest BCUT2D eigenvalue weighted by atomic mass is 19.4. The van der Waals surface area contributed by atoms with E-state index < -0.39 is 42.0 Å². The Kier molecular flexibility index (Phi) is 5.47. The van der Waals surface area contributed by atoms with Gasteiger partial charge in [-0.3, -0.25) is 19.8 Å². The van der Waals surface area contributed by atoms with Gasteiger partial charge in [0.05, 0.1) is 18.3 Å². The number of carbonyl (C=O) groups is 3. The molecule has 3 N–H and O–H groups in total. The van der Waals surface area contributed by atoms with E-state index >= 15 is 0 Å². The number of hydrazine groups is 1. The first-order chi connectivity index (χ1) is 16.6. The van der Waals surface area contributed by atoms with E-state index in [4.69, 9.17) is 0 Å². The maximum atomic E-state index is 13.4. The van der Waals surface area contributed by atoms with Gasteiger partial charge in [-0.1, -0.05) is 36.4 Å². The minimum atomic E-state index is -4.52. The summed E-state index contributed by atoms with van der Waals surface area (Å²) in [6.45, 7) is 1.58. The topological polar surface area (TPSA) is 108 Å². The van der Waals surface area contributed by atoms with Gasteiger partial charge in [0.1, 0.15) is 17.4 Å². The summed E-state index contributed by atoms with van der Waals surface area (Å²) in [4.78, 5) is 39.5. The fraction of sp³-hybridized carbons (Fsp3) is 0.304. The van der Waals surface area contributed by atoms with Crippen molar-refractivity contribution in [1.29, 1.82) is 0 Å². The molecule has 3 aromatic rings. The van der Waals surface area contributed by atoms with Crippen LogP contribution in [-0.2, 0) is 9.59 Å². The Balaban J connectivity index is 1.32. The minimum Gasteiger partial charge on any atom is -0.367 e. The van der Waals surface area contributed by atoms with E-state index in [1.165, 1.54) is 0 Å². The Labute approximate surface area is 197 Å². The van der Waals surface area contributed by atoms with E-state index in [1.807, 2.05) is 18.2 Å². The number of fused-ring (bicyclic) bond motifs is 2. The van der Waals surface area contributed by atoms with Gasteiger partial charge in [-0.05, 0) is 24.8 Å². The van der Waals surface area contributed by atoms with Gasteiger partial charge in [0.25, 0.3) is 11.8 Å². The third kappa shape index (κ3) is 3.99. The number of hydrogen-bond acceptors (Lipinski definition) is 6. The quantitative estimate of drug-likeness (QED) is 0.387. The van der Waals surface area contributed by atoms with Crippen molar-refractivity contribution in [3.63, 3.8) is 0 Å². The van der Waals surface area contributed by atoms with Gasteiger partial charge in [0.2, 0.25) is 5.91 Å². The second kappa shape index (κ2) is 8.38. The van der Waals surface area contributed by atoms with Crippen LogP contribution in [0.4, 0.5) is 24.7 Å². The predicted octanol–water partition coefficient (Wildman–Crippen LogP) is 2.91. The second-order valence-electron chi connectivity index (χ2n) is 8.61. The lowest BCUT2D eigenvalue weighted by Gasteiger charge is -2.32. The number of nitrogens with zero attached hydrogens (tertiary/aromatic N) is 3. The van der Waals surface area contributed by atoms with Crippen LogP contribution in [0, 0.1) is 0 Å². The highest BCUT2D eigenvalue weighted by Crippen LogP contribution is 2.40. The monoisotopic (exact) mass is 486 g/mol. The van der Waals surface area contributed by atoms with Crippen molar-refractivity contribution in [2.45, 2.75) is 44.1 Å². The van der Waals surface area contributed by atoms with Crippen molar-refractivity contribution in [1.82, 2.24) is 20.6 Å². The number of aromatic nitrogens is 2. The lowest BCUT2D eigenvalue weighted by molar-refractivity contribution is -0.173. The fourth-order valence-electron chi connectivity index (χ4n) is 4.53. The van der Waals surface area contributed by atoms with Crippen molar-refractivity contribution in [2.75, 3.05) is 10.2 Å². The largest absolute Gasteiger partial charge is 0.410 e. The van der Waals surface area contributed by atoms with Crippen molar-refractivity contribution in [2.24, 2.45) is 0 Å². The molecule has 1 aromatic heterocycles. The van der Waals surface area contributed by atoms with Crippen LogP contribution in [0.25, 0.3) is 10.8 Å². The van der Waals surface area contributed by atoms with Crippen LogP contribution in [0.5, 0.6) is 0 Å². The summed E-state index contributed by atoms with van der Waals surface area (Å²) in [5.41, 5.74) is 5.23. The molecule has 2 aliphatic heterocycles. The summed E-state index contributed by atoms with van der Waals surface area (Å²) in [5, 5.41) is 8.22. The number of halogens is 3. The van der Waals surface area contributed by atoms with E-state index in [1.54, 1.807) is 31.2 Å². The van der Waals surface area contributed by atoms with Gasteiger partial charge in [-0.25, -0.2) is 15.0 Å². The summed E-state index contributed by atoms with van der Waals surface area (Å²) in [5.74, 6) is -1.83. The molecule has 0 aliphatic carbocycles. The summed E-state index contributed by atoms with van der Waals surface area (Å²) in [6, 6.07) is 9.17. The molecule has 3 amide bonds. The van der Waals surface area contributed by atoms with Gasteiger partial charge in [0, 0.05) is 11.4 Å². The highest BCUT2D eigenvalue weighted by Gasteiger charge is 2.46. The van der Waals surface area contributed by atoms with Crippen LogP contribution >= 0.6 is 0 Å². The molecule has 2 aliphatic rings. The molecule has 9 nitrogen and oxygen atoms in total. The van der Waals surface area contributed by atoms with E-state index in [0.717, 1.165) is 26.6 Å². The average Bonchev–Trinajstić information content (AvgIpc) is 3.36. The molecule has 2 aromatic carbocycles. The Morgan fingerprint density at radius 2 is 1.89 bits per heavy atom. The van der Waals surface area contributed by atoms with Crippen LogP contribution < -0.4 is 21.1 Å². The van der Waals surface area contributed by atoms with Crippen LogP contribution in [0.15, 0.2) is 48.7 Å². The Hall–Kier alpha value is -3.93. The maximum Gasteiger partial charge on any atom is 0.410 e. The van der Waals surface area contributed by atoms with E-state index in [-0.39, 0.29) is 24.2 Å². The first-order valence-corrected chi connectivity index (χ1v) is 11.0. The number of benzene rings is 2. The number of anilines is 2. The maximum absolute atomic E-state index is 13.4. The predicted molar refractivity (Wildman–Crippen MR) is 120 cm³/mol. The first-order valence-electron chi connectivity index (χ1n) is 11.0. The zero-order chi connectivity index (χ0) is 24.9. The normalized spacial score (nSPS) is 22.3. The third-order valence-electron chi connectivity index (χ3n) is 6.19. The van der Waals surface area contributed by atoms with Gasteiger partial charge in [-0.2, -0.15) is 18.3 Å². The molecule has 3 heterocycles. The second-order valence-corrected chi connectivity index (χ2v) is 8.61. The minimum absolute atomic E-state index is 0.0587. The molecular weight excluding hydrogens is 465 g/mol. The summed E-state index contributed by atoms with van der Waals surface area (Å²) >= 11 is 0. The Morgan fingerprint density at radius 1 is 1.14 bits per heavy atom. The highest BCUT2D eigenvalue weighted by molar-refractivity contribution is 6.25. The molecule has 0 spiro atoms. The molecular formula is C23H21F3N6O3. The molecule has 0 radical (unpaired) electrons. The van der Waals surface area contributed by atoms with E-state index in [0.29, 0.717) is 5.69 Å². The molecule has 3 atom stereocenters. The van der Waals surface area contributed by atoms with Crippen LogP contribution in [0.1, 0.15) is 36.2 Å². The number of rotatable bonds is 4. The lowest BCUT2D eigenvalue weighted by Crippen LogP contribution is -2.48. The van der Waals surface area contributed by atoms with Gasteiger partial charge >= 0.3 is 6.18 Å². The van der Waals surface area contributed by atoms with E-state index in [2.05, 4.69) is 21.3 Å². The molecule has 1 fully saturated rings. The first kappa shape index (κ1) is 22.8. The average molecular weight is 486 g/mol. The third-order valence-corrected chi connectivity index (χ3v) is 6.19. The molecule has 35 heavy (non-hydrogen) atoms. The fourth-order valence-corrected chi connectivity index (χ4v) is 4.53. The van der Waals surface area contributed by atoms with Crippen LogP contribution in [0.3, 0.4) is 0 Å². The number of amides is 3.